The number of hydrogen-bond acceptors (Lipinski definition) is 6. The second-order valence-electron chi connectivity index (χ2n) is 6.45. The number of halogens is 3. The lowest BCUT2D eigenvalue weighted by Gasteiger charge is -2.00. The largest absolute Gasteiger partial charge is 0.427 e. The fourth-order valence-corrected chi connectivity index (χ4v) is 3.13. The third-order valence-electron chi connectivity index (χ3n) is 3.35. The van der Waals surface area contributed by atoms with E-state index in [0.29, 0.717) is 15.2 Å². The molecule has 3 aromatic rings. The Bertz CT molecular complexity index is 1310. The topological polar surface area (TPSA) is 159 Å². The van der Waals surface area contributed by atoms with Crippen LogP contribution in [0.4, 0.5) is 11.6 Å². The number of aromatic amines is 1. The molecule has 186 valence electrons. The van der Waals surface area contributed by atoms with Gasteiger partial charge in [-0.2, -0.15) is 9.72 Å². The van der Waals surface area contributed by atoms with Gasteiger partial charge in [-0.3, -0.25) is 19.2 Å². The van der Waals surface area contributed by atoms with Gasteiger partial charge in [-0.15, -0.1) is 0 Å². The molecule has 35 heavy (non-hydrogen) atoms. The van der Waals surface area contributed by atoms with Gasteiger partial charge in [0.1, 0.15) is 11.6 Å². The lowest BCUT2D eigenvalue weighted by Crippen LogP contribution is -2.19. The Balaban J connectivity index is 0.000000263. The second kappa shape index (κ2) is 15.6. The van der Waals surface area contributed by atoms with E-state index < -0.39 is 0 Å². The van der Waals surface area contributed by atoms with Crippen LogP contribution in [-0.2, 0) is 14.4 Å². The average Bonchev–Trinajstić information content (AvgIpc) is 2.75. The number of H-pyrrole nitrogens is 1. The zero-order valence-electron chi connectivity index (χ0n) is 18.7. The molecule has 0 atom stereocenters. The maximum Gasteiger partial charge on any atom is 0.262 e. The molecule has 0 unspecified atom stereocenters. The number of aromatic nitrogens is 3. The molecule has 0 spiro atoms. The maximum absolute atomic E-state index is 11.0. The third kappa shape index (κ3) is 13.4. The normalized spacial score (nSPS) is 10.2. The summed E-state index contributed by atoms with van der Waals surface area (Å²) in [6.07, 6.45) is 3.17. The molecule has 3 rings (SSSR count). The average molecular weight is 818 g/mol. The number of pyridine rings is 3. The molecule has 3 heterocycles. The minimum Gasteiger partial charge on any atom is -0.427 e. The van der Waals surface area contributed by atoms with Crippen molar-refractivity contribution in [1.29, 1.82) is 0 Å². The lowest BCUT2D eigenvalue weighted by molar-refractivity contribution is -0.116. The first-order valence-electron chi connectivity index (χ1n) is 9.55. The Morgan fingerprint density at radius 1 is 0.943 bits per heavy atom. The minimum absolute atomic E-state index is 0.0984. The van der Waals surface area contributed by atoms with Crippen molar-refractivity contribution < 1.29 is 19.6 Å². The Morgan fingerprint density at radius 3 is 2.06 bits per heavy atom. The first-order chi connectivity index (χ1) is 16.4. The van der Waals surface area contributed by atoms with Crippen molar-refractivity contribution in [2.75, 3.05) is 10.6 Å². The minimum atomic E-state index is -0.334. The third-order valence-corrected chi connectivity index (χ3v) is 5.47. The van der Waals surface area contributed by atoms with Gasteiger partial charge in [0, 0.05) is 34.1 Å². The molecule has 11 nitrogen and oxygen atoms in total. The van der Waals surface area contributed by atoms with Crippen molar-refractivity contribution in [3.63, 3.8) is 0 Å². The van der Waals surface area contributed by atoms with Crippen LogP contribution in [0.15, 0.2) is 58.6 Å². The molecule has 4 N–H and O–H groups in total. The molecule has 0 saturated carbocycles. The van der Waals surface area contributed by atoms with E-state index in [9.17, 15) is 24.4 Å². The fourth-order valence-electron chi connectivity index (χ4n) is 2.05. The summed E-state index contributed by atoms with van der Waals surface area (Å²) in [5.74, 6) is 0.385. The Hall–Kier alpha value is -2.35. The molecule has 3 amide bonds. The van der Waals surface area contributed by atoms with E-state index in [4.69, 9.17) is 0 Å². The molecule has 0 radical (unpaired) electrons. The van der Waals surface area contributed by atoms with Gasteiger partial charge in [-0.05, 0) is 104 Å². The van der Waals surface area contributed by atoms with E-state index in [1.807, 2.05) is 51.2 Å². The van der Waals surface area contributed by atoms with Gasteiger partial charge < -0.3 is 20.8 Å². The SMILES string of the molecule is CC(=O)N=c1ccc(I)cn1O.CC(=O)Nc1ccc(I)c(=O)[nH]1.CC(=O)Nc1ccc(I)cn1. The quantitative estimate of drug-likeness (QED) is 0.230. The van der Waals surface area contributed by atoms with Gasteiger partial charge in [0.2, 0.25) is 17.7 Å². The molecule has 14 heteroatoms. The van der Waals surface area contributed by atoms with Crippen LogP contribution in [-0.4, -0.2) is 37.6 Å². The van der Waals surface area contributed by atoms with Crippen molar-refractivity contribution in [3.8, 4) is 0 Å². The van der Waals surface area contributed by atoms with Crippen molar-refractivity contribution in [2.45, 2.75) is 20.8 Å². The summed E-state index contributed by atoms with van der Waals surface area (Å²) < 4.78 is 3.35. The molecule has 0 aliphatic carbocycles. The summed E-state index contributed by atoms with van der Waals surface area (Å²) in [7, 11) is 0. The Morgan fingerprint density at radius 2 is 1.57 bits per heavy atom. The number of anilines is 2. The van der Waals surface area contributed by atoms with E-state index in [-0.39, 0.29) is 28.8 Å². The summed E-state index contributed by atoms with van der Waals surface area (Å²) in [6.45, 7) is 4.17. The molecule has 0 aliphatic heterocycles. The predicted octanol–water partition coefficient (Wildman–Crippen LogP) is 3.36. The monoisotopic (exact) mass is 818 g/mol. The fraction of sp³-hybridized carbons (Fsp3) is 0.143. The van der Waals surface area contributed by atoms with Gasteiger partial charge in [-0.1, -0.05) is 0 Å². The summed E-state index contributed by atoms with van der Waals surface area (Å²) in [4.78, 5) is 52.7. The van der Waals surface area contributed by atoms with E-state index in [1.165, 1.54) is 27.0 Å². The van der Waals surface area contributed by atoms with Crippen molar-refractivity contribution in [2.24, 2.45) is 4.99 Å². The van der Waals surface area contributed by atoms with Gasteiger partial charge in [0.25, 0.3) is 5.56 Å². The number of rotatable bonds is 2. The molecule has 0 bridgehead atoms. The number of nitrogens with zero attached hydrogens (tertiary/aromatic N) is 3. The highest BCUT2D eigenvalue weighted by molar-refractivity contribution is 14.1. The van der Waals surface area contributed by atoms with E-state index in [1.54, 1.807) is 36.5 Å². The molecule has 0 fully saturated rings. The lowest BCUT2D eigenvalue weighted by atomic mass is 10.4. The first-order valence-corrected chi connectivity index (χ1v) is 12.8. The van der Waals surface area contributed by atoms with Gasteiger partial charge >= 0.3 is 0 Å². The van der Waals surface area contributed by atoms with Gasteiger partial charge in [-0.25, -0.2) is 4.98 Å². The first kappa shape index (κ1) is 30.7. The van der Waals surface area contributed by atoms with Crippen LogP contribution in [0.5, 0.6) is 0 Å². The van der Waals surface area contributed by atoms with Crippen LogP contribution < -0.4 is 21.7 Å². The number of carbonyl (C=O) groups is 3. The van der Waals surface area contributed by atoms with Crippen molar-refractivity contribution >= 4 is 97.1 Å². The van der Waals surface area contributed by atoms with Crippen LogP contribution in [0.2, 0.25) is 0 Å². The Kier molecular flexibility index (Phi) is 13.7. The molecular weight excluding hydrogens is 797 g/mol. The van der Waals surface area contributed by atoms with Crippen molar-refractivity contribution in [1.82, 2.24) is 14.7 Å². The summed E-state index contributed by atoms with van der Waals surface area (Å²) in [5, 5.41) is 14.3. The van der Waals surface area contributed by atoms with Crippen LogP contribution >= 0.6 is 67.8 Å². The number of hydrogen-bond donors (Lipinski definition) is 4. The van der Waals surface area contributed by atoms with E-state index >= 15 is 0 Å². The van der Waals surface area contributed by atoms with E-state index in [0.717, 1.165) is 11.9 Å². The molecule has 0 aromatic carbocycles. The molecule has 0 aliphatic rings. The smallest absolute Gasteiger partial charge is 0.262 e. The van der Waals surface area contributed by atoms with Gasteiger partial charge in [0.05, 0.1) is 9.77 Å². The van der Waals surface area contributed by atoms with E-state index in [2.05, 4.69) is 48.2 Å². The number of carbonyl (C=O) groups excluding carboxylic acids is 3. The summed E-state index contributed by atoms with van der Waals surface area (Å²) in [6, 6.07) is 10.3. The second-order valence-corrected chi connectivity index (χ2v) is 10.1. The zero-order valence-corrected chi connectivity index (χ0v) is 25.1. The van der Waals surface area contributed by atoms with Crippen LogP contribution in [0.1, 0.15) is 20.8 Å². The van der Waals surface area contributed by atoms with Crippen LogP contribution in [0, 0.1) is 10.7 Å². The standard InChI is InChI=1S/2C7H7IN2O2.C7H7IN2O/c1-5(11)9-7-3-2-6(8)4-10(7)12;1-4(11)9-6-3-2-5(8)7(12)10-6;1-5(11)10-7-3-2-6(8)4-9-7/h2-4,12H,1H3;2-3H,1H3,(H2,9,10,11,12);2-4H,1H3,(H,9,10,11). The molecule has 0 saturated heterocycles. The summed E-state index contributed by atoms with van der Waals surface area (Å²) in [5.41, 5.74) is 0.0461. The Labute approximate surface area is 241 Å². The molecule has 3 aromatic heterocycles. The van der Waals surface area contributed by atoms with Crippen LogP contribution in [0.25, 0.3) is 0 Å². The molecular formula is C21H21I3N6O5. The predicted molar refractivity (Wildman–Crippen MR) is 156 cm³/mol. The highest BCUT2D eigenvalue weighted by Crippen LogP contribution is 2.06. The summed E-state index contributed by atoms with van der Waals surface area (Å²) >= 11 is 6.12. The number of nitrogens with one attached hydrogen (secondary N) is 3. The van der Waals surface area contributed by atoms with Crippen molar-refractivity contribution in [3.05, 3.63) is 75.3 Å². The van der Waals surface area contributed by atoms with Gasteiger partial charge in [0.15, 0.2) is 5.49 Å². The highest BCUT2D eigenvalue weighted by atomic mass is 127. The zero-order chi connectivity index (χ0) is 26.5. The number of amides is 3. The van der Waals surface area contributed by atoms with Crippen LogP contribution in [0.3, 0.4) is 0 Å². The maximum atomic E-state index is 11.0. The highest BCUT2D eigenvalue weighted by Gasteiger charge is 1.98.